The van der Waals surface area contributed by atoms with Crippen molar-refractivity contribution < 1.29 is 18.7 Å². The van der Waals surface area contributed by atoms with Crippen LogP contribution >= 0.6 is 0 Å². The highest BCUT2D eigenvalue weighted by Gasteiger charge is 2.12. The van der Waals surface area contributed by atoms with E-state index in [-0.39, 0.29) is 29.6 Å². The van der Waals surface area contributed by atoms with Gasteiger partial charge >= 0.3 is 0 Å². The predicted octanol–water partition coefficient (Wildman–Crippen LogP) is 3.41. The lowest BCUT2D eigenvalue weighted by Gasteiger charge is -2.13. The summed E-state index contributed by atoms with van der Waals surface area (Å²) < 4.78 is 18.5. The lowest BCUT2D eigenvalue weighted by atomic mass is 9.97. The Labute approximate surface area is 135 Å². The van der Waals surface area contributed by atoms with Crippen LogP contribution in [0.4, 0.5) is 4.39 Å². The zero-order chi connectivity index (χ0) is 16.7. The summed E-state index contributed by atoms with van der Waals surface area (Å²) in [6, 6.07) is 3.69. The zero-order valence-corrected chi connectivity index (χ0v) is 13.4. The summed E-state index contributed by atoms with van der Waals surface area (Å²) in [5.41, 5.74) is 1.54. The minimum Gasteiger partial charge on any atom is -0.483 e. The highest BCUT2D eigenvalue weighted by molar-refractivity contribution is 5.96. The number of hydrogen-bond acceptors (Lipinski definition) is 3. The first-order chi connectivity index (χ1) is 11.1. The van der Waals surface area contributed by atoms with Crippen LogP contribution in [0.25, 0.3) is 0 Å². The summed E-state index contributed by atoms with van der Waals surface area (Å²) in [5.74, 6) is -0.832. The lowest BCUT2D eigenvalue weighted by Crippen LogP contribution is -2.30. The van der Waals surface area contributed by atoms with Crippen LogP contribution in [0.1, 0.15) is 49.4 Å². The average molecular weight is 319 g/mol. The van der Waals surface area contributed by atoms with Crippen molar-refractivity contribution in [2.45, 2.75) is 39.0 Å². The van der Waals surface area contributed by atoms with E-state index in [1.165, 1.54) is 37.5 Å². The first-order valence-electron chi connectivity index (χ1n) is 7.94. The van der Waals surface area contributed by atoms with Crippen LogP contribution in [0.5, 0.6) is 5.75 Å². The van der Waals surface area contributed by atoms with E-state index < -0.39 is 5.82 Å². The zero-order valence-electron chi connectivity index (χ0n) is 13.4. The molecule has 4 nitrogen and oxygen atoms in total. The third-order valence-electron chi connectivity index (χ3n) is 3.83. The first kappa shape index (κ1) is 17.2. The van der Waals surface area contributed by atoms with Crippen molar-refractivity contribution in [1.29, 1.82) is 0 Å². The lowest BCUT2D eigenvalue weighted by molar-refractivity contribution is -0.123. The normalized spacial score (nSPS) is 14.1. The number of hydrogen-bond donors (Lipinski definition) is 1. The van der Waals surface area contributed by atoms with Gasteiger partial charge in [-0.25, -0.2) is 4.39 Å². The molecule has 23 heavy (non-hydrogen) atoms. The molecule has 1 aromatic rings. The van der Waals surface area contributed by atoms with Gasteiger partial charge in [-0.15, -0.1) is 0 Å². The molecule has 0 unspecified atom stereocenters. The van der Waals surface area contributed by atoms with Crippen molar-refractivity contribution in [3.05, 3.63) is 41.2 Å². The Kier molecular flexibility index (Phi) is 6.32. The van der Waals surface area contributed by atoms with E-state index in [0.717, 1.165) is 25.3 Å². The number of rotatable bonds is 7. The van der Waals surface area contributed by atoms with Gasteiger partial charge in [-0.05, 0) is 57.2 Å². The molecule has 0 saturated heterocycles. The van der Waals surface area contributed by atoms with E-state index in [9.17, 15) is 14.0 Å². The smallest absolute Gasteiger partial charge is 0.257 e. The third kappa shape index (κ3) is 5.51. The van der Waals surface area contributed by atoms with Crippen LogP contribution in [0.15, 0.2) is 29.8 Å². The van der Waals surface area contributed by atoms with Crippen LogP contribution in [-0.2, 0) is 4.79 Å². The number of ketones is 1. The van der Waals surface area contributed by atoms with E-state index in [4.69, 9.17) is 4.74 Å². The summed E-state index contributed by atoms with van der Waals surface area (Å²) in [5, 5.41) is 2.80. The van der Waals surface area contributed by atoms with Crippen molar-refractivity contribution in [3.63, 3.8) is 0 Å². The molecule has 1 aliphatic rings. The average Bonchev–Trinajstić information content (AvgIpc) is 2.54. The molecule has 0 atom stereocenters. The second-order valence-corrected chi connectivity index (χ2v) is 5.69. The highest BCUT2D eigenvalue weighted by atomic mass is 19.1. The second kappa shape index (κ2) is 8.46. The fourth-order valence-corrected chi connectivity index (χ4v) is 2.59. The molecule has 0 aromatic heterocycles. The minimum atomic E-state index is -0.507. The Hall–Kier alpha value is -2.17. The molecule has 1 N–H and O–H groups in total. The number of carbonyl (C=O) groups is 2. The maximum absolute atomic E-state index is 13.2. The summed E-state index contributed by atoms with van der Waals surface area (Å²) in [6.45, 7) is 1.72. The molecular formula is C18H22FNO3. The molecule has 0 heterocycles. The summed E-state index contributed by atoms with van der Waals surface area (Å²) >= 11 is 0. The fraction of sp³-hybridized carbons (Fsp3) is 0.444. The number of benzene rings is 1. The molecule has 1 aromatic carbocycles. The minimum absolute atomic E-state index is 0.144. The van der Waals surface area contributed by atoms with E-state index in [2.05, 4.69) is 11.4 Å². The summed E-state index contributed by atoms with van der Waals surface area (Å²) in [4.78, 5) is 23.2. The number of allylic oxidation sites excluding steroid dienone is 1. The third-order valence-corrected chi connectivity index (χ3v) is 3.83. The molecule has 0 radical (unpaired) electrons. The van der Waals surface area contributed by atoms with Gasteiger partial charge in [-0.2, -0.15) is 0 Å². The molecule has 0 fully saturated rings. The molecular weight excluding hydrogens is 297 g/mol. The van der Waals surface area contributed by atoms with Gasteiger partial charge in [0, 0.05) is 6.54 Å². The summed E-state index contributed by atoms with van der Waals surface area (Å²) in [6.07, 6.45) is 7.83. The number of amides is 1. The molecule has 1 amide bonds. The van der Waals surface area contributed by atoms with Crippen LogP contribution in [0.2, 0.25) is 0 Å². The maximum Gasteiger partial charge on any atom is 0.257 e. The second-order valence-electron chi connectivity index (χ2n) is 5.69. The van der Waals surface area contributed by atoms with E-state index in [1.54, 1.807) is 0 Å². The Morgan fingerprint density at radius 3 is 2.83 bits per heavy atom. The number of ether oxygens (including phenoxy) is 1. The van der Waals surface area contributed by atoms with E-state index >= 15 is 0 Å². The van der Waals surface area contributed by atoms with E-state index in [1.807, 2.05) is 0 Å². The Balaban J connectivity index is 1.78. The Bertz CT molecular complexity index is 610. The first-order valence-corrected chi connectivity index (χ1v) is 7.94. The fourth-order valence-electron chi connectivity index (χ4n) is 2.59. The van der Waals surface area contributed by atoms with Crippen LogP contribution in [0.3, 0.4) is 0 Å². The van der Waals surface area contributed by atoms with Gasteiger partial charge in [0.05, 0.1) is 5.56 Å². The maximum atomic E-state index is 13.2. The molecule has 0 spiro atoms. The number of Topliss-reactive ketones (excluding diaryl/α,β-unsaturated/α-hetero) is 1. The Morgan fingerprint density at radius 1 is 1.30 bits per heavy atom. The SMILES string of the molecule is CC(=O)c1cc(F)ccc1OCC(=O)NCCC1=CCCCC1. The van der Waals surface area contributed by atoms with Gasteiger partial charge in [0.1, 0.15) is 11.6 Å². The predicted molar refractivity (Wildman–Crippen MR) is 86.1 cm³/mol. The Morgan fingerprint density at radius 2 is 2.13 bits per heavy atom. The molecule has 1 aliphatic carbocycles. The van der Waals surface area contributed by atoms with Gasteiger partial charge in [0.15, 0.2) is 12.4 Å². The quantitative estimate of drug-likeness (QED) is 0.619. The molecule has 124 valence electrons. The number of halogens is 1. The van der Waals surface area contributed by atoms with Gasteiger partial charge in [-0.1, -0.05) is 11.6 Å². The molecule has 5 heteroatoms. The van der Waals surface area contributed by atoms with Gasteiger partial charge < -0.3 is 10.1 Å². The van der Waals surface area contributed by atoms with Crippen LogP contribution in [-0.4, -0.2) is 24.8 Å². The topological polar surface area (TPSA) is 55.4 Å². The molecule has 0 aliphatic heterocycles. The van der Waals surface area contributed by atoms with Crippen molar-refractivity contribution in [1.82, 2.24) is 5.32 Å². The number of carbonyl (C=O) groups excluding carboxylic acids is 2. The van der Waals surface area contributed by atoms with Gasteiger partial charge in [0.2, 0.25) is 0 Å². The molecule has 0 bridgehead atoms. The molecule has 2 rings (SSSR count). The van der Waals surface area contributed by atoms with Crippen molar-refractivity contribution >= 4 is 11.7 Å². The molecule has 0 saturated carbocycles. The van der Waals surface area contributed by atoms with Crippen molar-refractivity contribution in [3.8, 4) is 5.75 Å². The monoisotopic (exact) mass is 319 g/mol. The highest BCUT2D eigenvalue weighted by Crippen LogP contribution is 2.21. The van der Waals surface area contributed by atoms with E-state index in [0.29, 0.717) is 6.54 Å². The number of nitrogens with one attached hydrogen (secondary N) is 1. The van der Waals surface area contributed by atoms with Crippen molar-refractivity contribution in [2.75, 3.05) is 13.2 Å². The standard InChI is InChI=1S/C18H22FNO3/c1-13(21)16-11-15(19)7-8-17(16)23-12-18(22)20-10-9-14-5-3-2-4-6-14/h5,7-8,11H,2-4,6,9-10,12H2,1H3,(H,20,22). The van der Waals surface area contributed by atoms with Gasteiger partial charge in [0.25, 0.3) is 5.91 Å². The van der Waals surface area contributed by atoms with Gasteiger partial charge in [-0.3, -0.25) is 9.59 Å². The largest absolute Gasteiger partial charge is 0.483 e. The summed E-state index contributed by atoms with van der Waals surface area (Å²) in [7, 11) is 0. The van der Waals surface area contributed by atoms with Crippen molar-refractivity contribution in [2.24, 2.45) is 0 Å². The van der Waals surface area contributed by atoms with Crippen LogP contribution in [0, 0.1) is 5.82 Å². The van der Waals surface area contributed by atoms with Crippen LogP contribution < -0.4 is 10.1 Å².